The van der Waals surface area contributed by atoms with Gasteiger partial charge in [0.15, 0.2) is 11.6 Å². The Balaban J connectivity index is 2.80. The van der Waals surface area contributed by atoms with Crippen LogP contribution < -0.4 is 5.32 Å². The topological polar surface area (TPSA) is 62.2 Å². The van der Waals surface area contributed by atoms with Gasteiger partial charge in [0.25, 0.3) is 0 Å². The molecule has 0 fully saturated rings. The van der Waals surface area contributed by atoms with E-state index in [2.05, 4.69) is 4.98 Å². The Labute approximate surface area is 76.4 Å². The van der Waals surface area contributed by atoms with Crippen LogP contribution >= 0.6 is 0 Å². The van der Waals surface area contributed by atoms with Gasteiger partial charge in [0.05, 0.1) is 0 Å². The molecule has 0 spiro atoms. The molecule has 14 heavy (non-hydrogen) atoms. The van der Waals surface area contributed by atoms with Gasteiger partial charge in [-0.05, 0) is 12.1 Å². The molecule has 0 aliphatic rings. The Morgan fingerprint density at radius 1 is 1.50 bits per heavy atom. The van der Waals surface area contributed by atoms with Gasteiger partial charge in [-0.25, -0.2) is 4.98 Å². The molecule has 7 heteroatoms. The molecular weight excluding hydrogens is 201 g/mol. The van der Waals surface area contributed by atoms with E-state index in [4.69, 9.17) is 5.11 Å². The summed E-state index contributed by atoms with van der Waals surface area (Å²) < 4.78 is 35.2. The third-order valence-electron chi connectivity index (χ3n) is 1.28. The summed E-state index contributed by atoms with van der Waals surface area (Å²) in [5.41, 5.74) is 0. The van der Waals surface area contributed by atoms with Gasteiger partial charge in [0.1, 0.15) is 0 Å². The minimum Gasteiger partial charge on any atom is -0.504 e. The number of aromatic hydroxyl groups is 1. The maximum absolute atomic E-state index is 11.7. The van der Waals surface area contributed by atoms with E-state index in [0.29, 0.717) is 0 Å². The molecular formula is C7H5F3N2O2. The molecule has 0 aliphatic carbocycles. The lowest BCUT2D eigenvalue weighted by atomic mass is 10.4. The number of nitrogens with zero attached hydrogens (tertiary/aromatic N) is 1. The second kappa shape index (κ2) is 3.52. The smallest absolute Gasteiger partial charge is 0.471 e. The van der Waals surface area contributed by atoms with Gasteiger partial charge in [-0.15, -0.1) is 0 Å². The third-order valence-corrected chi connectivity index (χ3v) is 1.28. The predicted octanol–water partition coefficient (Wildman–Crippen LogP) is 1.29. The highest BCUT2D eigenvalue weighted by Gasteiger charge is 2.39. The Bertz CT molecular complexity index is 351. The van der Waals surface area contributed by atoms with Crippen LogP contribution in [0.3, 0.4) is 0 Å². The lowest BCUT2D eigenvalue weighted by Crippen LogP contribution is -2.30. The fourth-order valence-corrected chi connectivity index (χ4v) is 0.672. The average molecular weight is 206 g/mol. The average Bonchev–Trinajstić information content (AvgIpc) is 2.07. The number of halogens is 3. The maximum atomic E-state index is 11.7. The first-order chi connectivity index (χ1) is 6.41. The summed E-state index contributed by atoms with van der Waals surface area (Å²) in [7, 11) is 0. The lowest BCUT2D eigenvalue weighted by Gasteiger charge is -2.07. The quantitative estimate of drug-likeness (QED) is 0.727. The van der Waals surface area contributed by atoms with Gasteiger partial charge < -0.3 is 5.11 Å². The van der Waals surface area contributed by atoms with Crippen LogP contribution in [-0.4, -0.2) is 22.2 Å². The van der Waals surface area contributed by atoms with Crippen molar-refractivity contribution in [2.24, 2.45) is 0 Å². The predicted molar refractivity (Wildman–Crippen MR) is 40.6 cm³/mol. The van der Waals surface area contributed by atoms with Crippen LogP contribution in [-0.2, 0) is 4.79 Å². The lowest BCUT2D eigenvalue weighted by molar-refractivity contribution is -0.167. The minimum atomic E-state index is -5.00. The van der Waals surface area contributed by atoms with Crippen LogP contribution in [0, 0.1) is 0 Å². The van der Waals surface area contributed by atoms with Crippen LogP contribution in [0.15, 0.2) is 18.3 Å². The molecule has 1 heterocycles. The molecule has 0 bridgehead atoms. The summed E-state index contributed by atoms with van der Waals surface area (Å²) >= 11 is 0. The molecule has 76 valence electrons. The minimum absolute atomic E-state index is 0.519. The molecule has 0 atom stereocenters. The van der Waals surface area contributed by atoms with Crippen LogP contribution in [0.1, 0.15) is 0 Å². The highest BCUT2D eigenvalue weighted by molar-refractivity contribution is 5.95. The molecule has 0 saturated carbocycles. The summed E-state index contributed by atoms with van der Waals surface area (Å²) in [6.45, 7) is 0. The number of rotatable bonds is 1. The van der Waals surface area contributed by atoms with Crippen molar-refractivity contribution in [1.82, 2.24) is 4.98 Å². The van der Waals surface area contributed by atoms with Crippen molar-refractivity contribution in [2.45, 2.75) is 6.18 Å². The molecule has 1 rings (SSSR count). The zero-order valence-electron chi connectivity index (χ0n) is 6.67. The van der Waals surface area contributed by atoms with Crippen molar-refractivity contribution in [2.75, 3.05) is 5.32 Å². The SMILES string of the molecule is O=C(Nc1ncccc1O)C(F)(F)F. The normalized spacial score (nSPS) is 11.1. The number of alkyl halides is 3. The molecule has 4 nitrogen and oxygen atoms in total. The summed E-state index contributed by atoms with van der Waals surface area (Å²) in [4.78, 5) is 13.7. The van der Waals surface area contributed by atoms with Gasteiger partial charge in [-0.2, -0.15) is 13.2 Å². The van der Waals surface area contributed by atoms with Crippen LogP contribution in [0.25, 0.3) is 0 Å². The van der Waals surface area contributed by atoms with Crippen molar-refractivity contribution in [3.05, 3.63) is 18.3 Å². The van der Waals surface area contributed by atoms with E-state index in [0.717, 1.165) is 12.3 Å². The number of aromatic nitrogens is 1. The number of nitrogens with one attached hydrogen (secondary N) is 1. The fourth-order valence-electron chi connectivity index (χ4n) is 0.672. The first-order valence-electron chi connectivity index (χ1n) is 3.43. The zero-order valence-corrected chi connectivity index (χ0v) is 6.67. The van der Waals surface area contributed by atoms with E-state index in [9.17, 15) is 18.0 Å². The van der Waals surface area contributed by atoms with E-state index >= 15 is 0 Å². The number of pyridine rings is 1. The van der Waals surface area contributed by atoms with Crippen LogP contribution in [0.2, 0.25) is 0 Å². The summed E-state index contributed by atoms with van der Waals surface area (Å²) in [6.07, 6.45) is -3.85. The first kappa shape index (κ1) is 10.3. The molecule has 0 saturated heterocycles. The highest BCUT2D eigenvalue weighted by Crippen LogP contribution is 2.22. The van der Waals surface area contributed by atoms with Crippen molar-refractivity contribution < 1.29 is 23.1 Å². The van der Waals surface area contributed by atoms with E-state index < -0.39 is 23.7 Å². The summed E-state index contributed by atoms with van der Waals surface area (Å²) in [6, 6.07) is 2.43. The zero-order chi connectivity index (χ0) is 10.8. The van der Waals surface area contributed by atoms with Crippen molar-refractivity contribution in [1.29, 1.82) is 0 Å². The Morgan fingerprint density at radius 2 is 2.14 bits per heavy atom. The molecule has 1 amide bonds. The number of amides is 1. The first-order valence-corrected chi connectivity index (χ1v) is 3.43. The van der Waals surface area contributed by atoms with Crippen LogP contribution in [0.5, 0.6) is 5.75 Å². The van der Waals surface area contributed by atoms with Crippen molar-refractivity contribution in [3.8, 4) is 5.75 Å². The number of carbonyl (C=O) groups excluding carboxylic acids is 1. The summed E-state index contributed by atoms with van der Waals surface area (Å²) in [5, 5.41) is 10.4. The number of hydrogen-bond donors (Lipinski definition) is 2. The Kier molecular flexibility index (Phi) is 2.59. The van der Waals surface area contributed by atoms with Crippen molar-refractivity contribution >= 4 is 11.7 Å². The maximum Gasteiger partial charge on any atom is 0.471 e. The molecule has 0 aromatic carbocycles. The number of hydrogen-bond acceptors (Lipinski definition) is 3. The van der Waals surface area contributed by atoms with E-state index in [-0.39, 0.29) is 0 Å². The highest BCUT2D eigenvalue weighted by atomic mass is 19.4. The van der Waals surface area contributed by atoms with Crippen molar-refractivity contribution in [3.63, 3.8) is 0 Å². The molecule has 2 N–H and O–H groups in total. The molecule has 0 unspecified atom stereocenters. The largest absolute Gasteiger partial charge is 0.504 e. The number of anilines is 1. The van der Waals surface area contributed by atoms with E-state index in [1.54, 1.807) is 0 Å². The van der Waals surface area contributed by atoms with Gasteiger partial charge >= 0.3 is 12.1 Å². The summed E-state index contributed by atoms with van der Waals surface area (Å²) in [5.74, 6) is -3.22. The Hall–Kier alpha value is -1.79. The van der Waals surface area contributed by atoms with Gasteiger partial charge in [-0.1, -0.05) is 0 Å². The second-order valence-corrected chi connectivity index (χ2v) is 2.32. The molecule has 1 aromatic rings. The van der Waals surface area contributed by atoms with Crippen LogP contribution in [0.4, 0.5) is 19.0 Å². The van der Waals surface area contributed by atoms with Gasteiger partial charge in [-0.3, -0.25) is 10.1 Å². The standard InChI is InChI=1S/C7H5F3N2O2/c8-7(9,10)6(14)12-5-4(13)2-1-3-11-5/h1-3,13H,(H,11,12,14). The van der Waals surface area contributed by atoms with E-state index in [1.165, 1.54) is 11.4 Å². The number of carbonyl (C=O) groups is 1. The Morgan fingerprint density at radius 3 is 2.64 bits per heavy atom. The van der Waals surface area contributed by atoms with E-state index in [1.807, 2.05) is 0 Å². The second-order valence-electron chi connectivity index (χ2n) is 2.32. The molecule has 1 aromatic heterocycles. The molecule has 0 radical (unpaired) electrons. The van der Waals surface area contributed by atoms with Gasteiger partial charge in [0.2, 0.25) is 0 Å². The fraction of sp³-hybridized carbons (Fsp3) is 0.143. The monoisotopic (exact) mass is 206 g/mol. The van der Waals surface area contributed by atoms with Gasteiger partial charge in [0, 0.05) is 6.20 Å². The molecule has 0 aliphatic heterocycles. The third kappa shape index (κ3) is 2.35.